The minimum absolute atomic E-state index is 0.0427. The summed E-state index contributed by atoms with van der Waals surface area (Å²) in [6.45, 7) is 2.67. The van der Waals surface area contributed by atoms with E-state index in [2.05, 4.69) is 6.92 Å². The molecule has 3 heteroatoms. The summed E-state index contributed by atoms with van der Waals surface area (Å²) in [6.07, 6.45) is 0.934. The quantitative estimate of drug-likeness (QED) is 0.840. The van der Waals surface area contributed by atoms with Crippen molar-refractivity contribution in [1.82, 2.24) is 4.90 Å². The number of ether oxygens (including phenoxy) is 1. The summed E-state index contributed by atoms with van der Waals surface area (Å²) >= 11 is 0. The molecule has 0 saturated carbocycles. The largest absolute Gasteiger partial charge is 0.497 e. The van der Waals surface area contributed by atoms with Crippen LogP contribution in [-0.2, 0) is 13.0 Å². The van der Waals surface area contributed by atoms with Crippen LogP contribution in [0.5, 0.6) is 5.75 Å². The lowest BCUT2D eigenvalue weighted by molar-refractivity contribution is 0.0785. The van der Waals surface area contributed by atoms with Gasteiger partial charge in [-0.25, -0.2) is 0 Å². The molecule has 0 spiro atoms. The molecule has 0 fully saturated rings. The second-order valence-electron chi connectivity index (χ2n) is 5.06. The van der Waals surface area contributed by atoms with Crippen LogP contribution >= 0.6 is 0 Å². The molecule has 0 aliphatic heterocycles. The van der Waals surface area contributed by atoms with Gasteiger partial charge in [-0.15, -0.1) is 0 Å². The van der Waals surface area contributed by atoms with Gasteiger partial charge in [0, 0.05) is 19.2 Å². The molecule has 2 rings (SSSR count). The third-order valence-corrected chi connectivity index (χ3v) is 3.51. The van der Waals surface area contributed by atoms with Crippen molar-refractivity contribution in [3.05, 3.63) is 65.2 Å². The molecule has 0 unspecified atom stereocenters. The topological polar surface area (TPSA) is 29.5 Å². The zero-order valence-electron chi connectivity index (χ0n) is 12.8. The van der Waals surface area contributed by atoms with Gasteiger partial charge in [-0.1, -0.05) is 31.2 Å². The van der Waals surface area contributed by atoms with Crippen molar-refractivity contribution in [3.8, 4) is 5.75 Å². The smallest absolute Gasteiger partial charge is 0.253 e. The van der Waals surface area contributed by atoms with Crippen molar-refractivity contribution in [3.63, 3.8) is 0 Å². The number of hydrogen-bond acceptors (Lipinski definition) is 2. The summed E-state index contributed by atoms with van der Waals surface area (Å²) in [6, 6.07) is 15.6. The Hall–Kier alpha value is -2.29. The molecule has 0 atom stereocenters. The molecule has 0 aromatic heterocycles. The van der Waals surface area contributed by atoms with Crippen molar-refractivity contribution in [2.75, 3.05) is 14.2 Å². The number of rotatable bonds is 5. The molecule has 2 aromatic rings. The molecule has 0 N–H and O–H groups in total. The predicted molar refractivity (Wildman–Crippen MR) is 84.6 cm³/mol. The van der Waals surface area contributed by atoms with Crippen LogP contribution < -0.4 is 4.74 Å². The molecule has 0 aliphatic carbocycles. The number of benzene rings is 2. The average molecular weight is 283 g/mol. The van der Waals surface area contributed by atoms with Gasteiger partial charge in [-0.3, -0.25) is 4.79 Å². The van der Waals surface area contributed by atoms with Crippen molar-refractivity contribution in [2.24, 2.45) is 0 Å². The molecule has 0 heterocycles. The fraction of sp³-hybridized carbons (Fsp3) is 0.278. The van der Waals surface area contributed by atoms with Gasteiger partial charge in [0.25, 0.3) is 5.91 Å². The van der Waals surface area contributed by atoms with E-state index in [9.17, 15) is 4.79 Å². The molecular formula is C18H21NO2. The molecule has 2 aromatic carbocycles. The van der Waals surface area contributed by atoms with Crippen molar-refractivity contribution >= 4 is 5.91 Å². The first kappa shape index (κ1) is 15.1. The Labute approximate surface area is 126 Å². The minimum Gasteiger partial charge on any atom is -0.497 e. The first-order valence-corrected chi connectivity index (χ1v) is 7.11. The highest BCUT2D eigenvalue weighted by Crippen LogP contribution is 2.14. The third-order valence-electron chi connectivity index (χ3n) is 3.51. The van der Waals surface area contributed by atoms with E-state index in [0.29, 0.717) is 6.54 Å². The maximum Gasteiger partial charge on any atom is 0.253 e. The molecule has 1 amide bonds. The molecule has 0 bridgehead atoms. The van der Waals surface area contributed by atoms with Gasteiger partial charge in [0.1, 0.15) is 5.75 Å². The molecule has 0 aliphatic rings. The van der Waals surface area contributed by atoms with Gasteiger partial charge in [-0.05, 0) is 41.8 Å². The van der Waals surface area contributed by atoms with E-state index in [-0.39, 0.29) is 5.91 Å². The highest BCUT2D eigenvalue weighted by molar-refractivity contribution is 5.94. The summed E-state index contributed by atoms with van der Waals surface area (Å²) in [5.74, 6) is 0.865. The number of methoxy groups -OCH3 is 1. The predicted octanol–water partition coefficient (Wildman–Crippen LogP) is 3.53. The van der Waals surface area contributed by atoms with Gasteiger partial charge in [0.15, 0.2) is 0 Å². The number of carbonyl (C=O) groups is 1. The highest BCUT2D eigenvalue weighted by atomic mass is 16.5. The number of hydrogen-bond donors (Lipinski definition) is 0. The van der Waals surface area contributed by atoms with Crippen LogP contribution in [0.2, 0.25) is 0 Å². The molecule has 21 heavy (non-hydrogen) atoms. The number of aryl methyl sites for hydroxylation is 1. The Morgan fingerprint density at radius 1 is 1.10 bits per heavy atom. The van der Waals surface area contributed by atoms with Crippen LogP contribution in [0.15, 0.2) is 48.5 Å². The van der Waals surface area contributed by atoms with E-state index in [1.165, 1.54) is 5.56 Å². The summed E-state index contributed by atoms with van der Waals surface area (Å²) < 4.78 is 5.14. The number of carbonyl (C=O) groups excluding carboxylic acids is 1. The maximum atomic E-state index is 12.4. The van der Waals surface area contributed by atoms with E-state index in [0.717, 1.165) is 23.3 Å². The highest BCUT2D eigenvalue weighted by Gasteiger charge is 2.12. The Morgan fingerprint density at radius 2 is 1.81 bits per heavy atom. The Morgan fingerprint density at radius 3 is 2.43 bits per heavy atom. The second kappa shape index (κ2) is 6.93. The SMILES string of the molecule is CCc1cccc(C(=O)N(C)Cc2ccc(OC)cc2)c1. The zero-order chi connectivity index (χ0) is 15.2. The fourth-order valence-corrected chi connectivity index (χ4v) is 2.22. The lowest BCUT2D eigenvalue weighted by Gasteiger charge is -2.18. The van der Waals surface area contributed by atoms with E-state index >= 15 is 0 Å². The monoisotopic (exact) mass is 283 g/mol. The standard InChI is InChI=1S/C18H21NO2/c1-4-14-6-5-7-16(12-14)18(20)19(2)13-15-8-10-17(21-3)11-9-15/h5-12H,4,13H2,1-3H3. The van der Waals surface area contributed by atoms with Gasteiger partial charge >= 0.3 is 0 Å². The van der Waals surface area contributed by atoms with E-state index in [1.54, 1.807) is 12.0 Å². The van der Waals surface area contributed by atoms with Crippen LogP contribution in [0.1, 0.15) is 28.4 Å². The Balaban J connectivity index is 2.07. The summed E-state index contributed by atoms with van der Waals surface area (Å²) in [5.41, 5.74) is 3.00. The zero-order valence-corrected chi connectivity index (χ0v) is 12.8. The molecular weight excluding hydrogens is 262 g/mol. The van der Waals surface area contributed by atoms with Gasteiger partial charge in [0.2, 0.25) is 0 Å². The number of nitrogens with zero attached hydrogens (tertiary/aromatic N) is 1. The summed E-state index contributed by atoms with van der Waals surface area (Å²) in [7, 11) is 3.47. The molecule has 3 nitrogen and oxygen atoms in total. The van der Waals surface area contributed by atoms with Crippen molar-refractivity contribution < 1.29 is 9.53 Å². The molecule has 110 valence electrons. The van der Waals surface area contributed by atoms with Crippen LogP contribution in [0.4, 0.5) is 0 Å². The fourth-order valence-electron chi connectivity index (χ4n) is 2.22. The molecule has 0 radical (unpaired) electrons. The first-order valence-electron chi connectivity index (χ1n) is 7.11. The van der Waals surface area contributed by atoms with E-state index in [4.69, 9.17) is 4.74 Å². The Kier molecular flexibility index (Phi) is 4.99. The second-order valence-corrected chi connectivity index (χ2v) is 5.06. The van der Waals surface area contributed by atoms with Gasteiger partial charge in [-0.2, -0.15) is 0 Å². The summed E-state index contributed by atoms with van der Waals surface area (Å²) in [5, 5.41) is 0. The number of amides is 1. The first-order chi connectivity index (χ1) is 10.1. The van der Waals surface area contributed by atoms with Crippen LogP contribution in [0.25, 0.3) is 0 Å². The van der Waals surface area contributed by atoms with Crippen molar-refractivity contribution in [2.45, 2.75) is 19.9 Å². The normalized spacial score (nSPS) is 10.2. The average Bonchev–Trinajstić information content (AvgIpc) is 2.54. The third kappa shape index (κ3) is 3.85. The molecule has 0 saturated heterocycles. The van der Waals surface area contributed by atoms with E-state index in [1.807, 2.05) is 55.6 Å². The lowest BCUT2D eigenvalue weighted by Crippen LogP contribution is -2.26. The Bertz CT molecular complexity index is 605. The van der Waals surface area contributed by atoms with Crippen LogP contribution in [0, 0.1) is 0 Å². The van der Waals surface area contributed by atoms with Crippen molar-refractivity contribution in [1.29, 1.82) is 0 Å². The lowest BCUT2D eigenvalue weighted by atomic mass is 10.1. The van der Waals surface area contributed by atoms with Crippen LogP contribution in [0.3, 0.4) is 0 Å². The van der Waals surface area contributed by atoms with Gasteiger partial charge in [0.05, 0.1) is 7.11 Å². The summed E-state index contributed by atoms with van der Waals surface area (Å²) in [4.78, 5) is 14.2. The van der Waals surface area contributed by atoms with Gasteiger partial charge < -0.3 is 9.64 Å². The van der Waals surface area contributed by atoms with Crippen LogP contribution in [-0.4, -0.2) is 25.0 Å². The minimum atomic E-state index is 0.0427. The maximum absolute atomic E-state index is 12.4. The van der Waals surface area contributed by atoms with E-state index < -0.39 is 0 Å².